The average molecular weight is 621 g/mol. The topological polar surface area (TPSA) is 51.6 Å². The Balaban J connectivity index is 1.13. The lowest BCUT2D eigenvalue weighted by atomic mass is 9.65. The molecular weight excluding hydrogens is 585 g/mol. The molecule has 7 aromatic rings. The smallest absolute Gasteiger partial charge is 0.160 e. The summed E-state index contributed by atoms with van der Waals surface area (Å²) in [5.74, 6) is 1.49. The van der Waals surface area contributed by atoms with Gasteiger partial charge in [0.1, 0.15) is 0 Å². The molecule has 1 aliphatic carbocycles. The van der Waals surface area contributed by atoms with Gasteiger partial charge in [0, 0.05) is 39.4 Å². The normalized spacial score (nSPS) is 14.0. The minimum atomic E-state index is -0.0377. The highest BCUT2D eigenvalue weighted by Crippen LogP contribution is 2.45. The number of benzene rings is 5. The van der Waals surface area contributed by atoms with Gasteiger partial charge in [-0.1, -0.05) is 159 Å². The van der Waals surface area contributed by atoms with Crippen molar-refractivity contribution in [3.8, 4) is 56.5 Å². The van der Waals surface area contributed by atoms with Crippen LogP contribution in [0.25, 0.3) is 56.5 Å². The third-order valence-electron chi connectivity index (χ3n) is 9.69. The van der Waals surface area contributed by atoms with Gasteiger partial charge in [0.05, 0.1) is 17.1 Å². The summed E-state index contributed by atoms with van der Waals surface area (Å²) in [7, 11) is 0. The summed E-state index contributed by atoms with van der Waals surface area (Å²) in [6.07, 6.45) is 7.82. The lowest BCUT2D eigenvalue weighted by molar-refractivity contribution is 0.346. The third-order valence-corrected chi connectivity index (χ3v) is 9.69. The molecule has 0 N–H and O–H groups in total. The van der Waals surface area contributed by atoms with Crippen LogP contribution < -0.4 is 0 Å². The number of hydrogen-bond donors (Lipinski definition) is 0. The van der Waals surface area contributed by atoms with Gasteiger partial charge >= 0.3 is 0 Å². The third kappa shape index (κ3) is 5.93. The van der Waals surface area contributed by atoms with Gasteiger partial charge in [-0.3, -0.25) is 0 Å². The Morgan fingerprint density at radius 2 is 0.812 bits per heavy atom. The summed E-state index contributed by atoms with van der Waals surface area (Å²) in [5, 5.41) is 0. The molecule has 0 saturated heterocycles. The van der Waals surface area contributed by atoms with Crippen LogP contribution in [0.2, 0.25) is 0 Å². The maximum atomic E-state index is 5.06. The van der Waals surface area contributed by atoms with Crippen LogP contribution in [-0.4, -0.2) is 19.9 Å². The number of hydrogen-bond acceptors (Lipinski definition) is 4. The largest absolute Gasteiger partial charge is 0.237 e. The fourth-order valence-corrected chi connectivity index (χ4v) is 7.13. The van der Waals surface area contributed by atoms with Crippen molar-refractivity contribution < 1.29 is 0 Å². The van der Waals surface area contributed by atoms with Crippen molar-refractivity contribution in [3.63, 3.8) is 0 Å². The summed E-state index contributed by atoms with van der Waals surface area (Å²) < 4.78 is 0. The first-order chi connectivity index (χ1) is 23.7. The van der Waals surface area contributed by atoms with Crippen molar-refractivity contribution >= 4 is 0 Å². The van der Waals surface area contributed by atoms with E-state index in [1.54, 1.807) is 0 Å². The zero-order valence-electron chi connectivity index (χ0n) is 26.8. The molecule has 4 heteroatoms. The van der Waals surface area contributed by atoms with Gasteiger partial charge in [0.15, 0.2) is 11.6 Å². The Morgan fingerprint density at radius 3 is 1.31 bits per heavy atom. The molecule has 0 bridgehead atoms. The summed E-state index contributed by atoms with van der Waals surface area (Å²) >= 11 is 0. The maximum Gasteiger partial charge on any atom is 0.160 e. The Bertz CT molecular complexity index is 2060. The van der Waals surface area contributed by atoms with E-state index in [9.17, 15) is 0 Å². The molecule has 0 spiro atoms. The van der Waals surface area contributed by atoms with E-state index >= 15 is 0 Å². The van der Waals surface area contributed by atoms with Crippen LogP contribution in [-0.2, 0) is 5.41 Å². The highest BCUT2D eigenvalue weighted by molar-refractivity contribution is 5.72. The molecule has 0 unspecified atom stereocenters. The summed E-state index contributed by atoms with van der Waals surface area (Å²) in [6, 6.07) is 53.1. The van der Waals surface area contributed by atoms with Crippen molar-refractivity contribution in [2.75, 3.05) is 0 Å². The van der Waals surface area contributed by atoms with Crippen LogP contribution in [0.15, 0.2) is 158 Å². The Kier molecular flexibility index (Phi) is 8.13. The Morgan fingerprint density at radius 1 is 0.375 bits per heavy atom. The van der Waals surface area contributed by atoms with Crippen LogP contribution in [0, 0.1) is 0 Å². The molecule has 0 amide bonds. The molecule has 1 saturated carbocycles. The molecule has 1 aliphatic rings. The first-order valence-electron chi connectivity index (χ1n) is 16.9. The minimum absolute atomic E-state index is 0.0377. The van der Waals surface area contributed by atoms with Gasteiger partial charge in [0.2, 0.25) is 0 Å². The minimum Gasteiger partial charge on any atom is -0.237 e. The second kappa shape index (κ2) is 13.2. The highest BCUT2D eigenvalue weighted by Gasteiger charge is 2.35. The second-order valence-electron chi connectivity index (χ2n) is 12.6. The maximum absolute atomic E-state index is 5.06. The molecule has 0 aliphatic heterocycles. The van der Waals surface area contributed by atoms with Crippen LogP contribution in [0.5, 0.6) is 0 Å². The predicted molar refractivity (Wildman–Crippen MR) is 195 cm³/mol. The fraction of sp³-hybridized carbons (Fsp3) is 0.136. The summed E-state index contributed by atoms with van der Waals surface area (Å²) in [5.41, 5.74) is 10.7. The first kappa shape index (κ1) is 29.6. The van der Waals surface area contributed by atoms with E-state index in [4.69, 9.17) is 15.0 Å². The van der Waals surface area contributed by atoms with E-state index < -0.39 is 0 Å². The number of aromatic nitrogens is 4. The number of rotatable bonds is 7. The van der Waals surface area contributed by atoms with Crippen molar-refractivity contribution in [1.29, 1.82) is 0 Å². The Hall–Kier alpha value is -5.74. The van der Waals surface area contributed by atoms with E-state index in [2.05, 4.69) is 120 Å². The lowest BCUT2D eigenvalue weighted by Gasteiger charge is -2.39. The Labute approximate surface area is 282 Å². The van der Waals surface area contributed by atoms with E-state index in [-0.39, 0.29) is 5.41 Å². The zero-order valence-corrected chi connectivity index (χ0v) is 26.8. The predicted octanol–water partition coefficient (Wildman–Crippen LogP) is 10.9. The van der Waals surface area contributed by atoms with Gasteiger partial charge in [-0.15, -0.1) is 0 Å². The van der Waals surface area contributed by atoms with Gasteiger partial charge in [-0.25, -0.2) is 19.9 Å². The highest BCUT2D eigenvalue weighted by atomic mass is 14.9. The van der Waals surface area contributed by atoms with E-state index in [1.807, 2.05) is 42.6 Å². The lowest BCUT2D eigenvalue weighted by Crippen LogP contribution is -2.30. The standard InChI is InChI=1S/C44H36N4/c1-5-13-32(14-6-1)39-27-30-45-42(46-39)35-19-23-37(24-20-35)44(28-11-4-12-29-44)38-25-21-36(22-26-38)43-47-40(33-15-7-2-8-16-33)31-41(48-43)34-17-9-3-10-18-34/h1-3,5-10,13-27,30-31H,4,11-12,28-29H2. The molecule has 5 aromatic carbocycles. The molecule has 0 atom stereocenters. The molecule has 4 nitrogen and oxygen atoms in total. The van der Waals surface area contributed by atoms with Crippen molar-refractivity contribution in [2.45, 2.75) is 37.5 Å². The molecule has 2 aromatic heterocycles. The van der Waals surface area contributed by atoms with Crippen molar-refractivity contribution in [1.82, 2.24) is 19.9 Å². The summed E-state index contributed by atoms with van der Waals surface area (Å²) in [6.45, 7) is 0. The van der Waals surface area contributed by atoms with Crippen molar-refractivity contribution in [2.24, 2.45) is 0 Å². The van der Waals surface area contributed by atoms with E-state index in [0.717, 1.165) is 69.4 Å². The zero-order chi connectivity index (χ0) is 32.2. The van der Waals surface area contributed by atoms with Crippen LogP contribution >= 0.6 is 0 Å². The molecular formula is C44H36N4. The number of nitrogens with zero attached hydrogens (tertiary/aromatic N) is 4. The molecule has 2 heterocycles. The van der Waals surface area contributed by atoms with E-state index in [0.29, 0.717) is 0 Å². The molecule has 48 heavy (non-hydrogen) atoms. The average Bonchev–Trinajstić information content (AvgIpc) is 3.19. The fourth-order valence-electron chi connectivity index (χ4n) is 7.13. The first-order valence-corrected chi connectivity index (χ1v) is 16.9. The van der Waals surface area contributed by atoms with Crippen LogP contribution in [0.4, 0.5) is 0 Å². The van der Waals surface area contributed by atoms with E-state index in [1.165, 1.54) is 30.4 Å². The second-order valence-corrected chi connectivity index (χ2v) is 12.6. The van der Waals surface area contributed by atoms with Gasteiger partial charge in [-0.2, -0.15) is 0 Å². The van der Waals surface area contributed by atoms with Crippen LogP contribution in [0.3, 0.4) is 0 Å². The monoisotopic (exact) mass is 620 g/mol. The SMILES string of the molecule is c1ccc(-c2ccnc(-c3ccc(C4(c5ccc(-c6nc(-c7ccccc7)cc(-c7ccccc7)n6)cc5)CCCCC4)cc3)n2)cc1. The summed E-state index contributed by atoms with van der Waals surface area (Å²) in [4.78, 5) is 19.6. The van der Waals surface area contributed by atoms with Crippen LogP contribution in [0.1, 0.15) is 43.2 Å². The van der Waals surface area contributed by atoms with Gasteiger partial charge in [0.25, 0.3) is 0 Å². The quantitative estimate of drug-likeness (QED) is 0.178. The molecule has 232 valence electrons. The van der Waals surface area contributed by atoms with Gasteiger partial charge < -0.3 is 0 Å². The molecule has 1 fully saturated rings. The van der Waals surface area contributed by atoms with Gasteiger partial charge in [-0.05, 0) is 36.1 Å². The molecule has 0 radical (unpaired) electrons. The molecule has 8 rings (SSSR count). The van der Waals surface area contributed by atoms with Crippen molar-refractivity contribution in [3.05, 3.63) is 169 Å².